The second-order valence-electron chi connectivity index (χ2n) is 12.1. The quantitative estimate of drug-likeness (QED) is 0.184. The minimum Gasteiger partial charge on any atom is -0.455 e. The number of benzene rings is 7. The molecule has 0 aliphatic rings. The molecule has 4 nitrogen and oxygen atoms in total. The summed E-state index contributed by atoms with van der Waals surface area (Å²) in [6, 6.07) is 60.5. The third kappa shape index (κ3) is 5.45. The Morgan fingerprint density at radius 1 is 0.306 bits per heavy atom. The first-order valence-corrected chi connectivity index (χ1v) is 16.4. The molecular weight excluding hydrogens is 599 g/mol. The van der Waals surface area contributed by atoms with Crippen LogP contribution in [0.5, 0.6) is 0 Å². The first-order chi connectivity index (χ1) is 24.3. The molecule has 0 saturated carbocycles. The van der Waals surface area contributed by atoms with Gasteiger partial charge in [-0.25, -0.2) is 15.0 Å². The fourth-order valence-electron chi connectivity index (χ4n) is 6.45. The number of aromatic nitrogens is 3. The van der Waals surface area contributed by atoms with E-state index in [4.69, 9.17) is 19.4 Å². The number of hydrogen-bond donors (Lipinski definition) is 0. The van der Waals surface area contributed by atoms with E-state index in [1.807, 2.05) is 24.3 Å². The van der Waals surface area contributed by atoms with Crippen molar-refractivity contribution in [1.82, 2.24) is 15.0 Å². The van der Waals surface area contributed by atoms with Gasteiger partial charge in [0.15, 0.2) is 17.5 Å². The number of furan rings is 1. The van der Waals surface area contributed by atoms with Crippen molar-refractivity contribution in [2.45, 2.75) is 0 Å². The summed E-state index contributed by atoms with van der Waals surface area (Å²) in [5.74, 6) is 1.76. The fraction of sp³-hybridized carbons (Fsp3) is 0. The molecule has 7 aromatic carbocycles. The van der Waals surface area contributed by atoms with Gasteiger partial charge < -0.3 is 4.42 Å². The molecule has 2 aromatic heterocycles. The zero-order chi connectivity index (χ0) is 32.6. The highest BCUT2D eigenvalue weighted by Gasteiger charge is 2.18. The van der Waals surface area contributed by atoms with Crippen LogP contribution in [0.4, 0.5) is 0 Å². The summed E-state index contributed by atoms with van der Waals surface area (Å²) in [5, 5.41) is 2.08. The first kappa shape index (κ1) is 28.6. The summed E-state index contributed by atoms with van der Waals surface area (Å²) in [4.78, 5) is 15.2. The predicted molar refractivity (Wildman–Crippen MR) is 200 cm³/mol. The van der Waals surface area contributed by atoms with Gasteiger partial charge >= 0.3 is 0 Å². The smallest absolute Gasteiger partial charge is 0.167 e. The van der Waals surface area contributed by atoms with Gasteiger partial charge in [-0.05, 0) is 57.6 Å². The summed E-state index contributed by atoms with van der Waals surface area (Å²) >= 11 is 0. The van der Waals surface area contributed by atoms with E-state index in [-0.39, 0.29) is 0 Å². The van der Waals surface area contributed by atoms with Crippen molar-refractivity contribution in [1.29, 1.82) is 0 Å². The van der Waals surface area contributed by atoms with Gasteiger partial charge in [-0.3, -0.25) is 0 Å². The van der Waals surface area contributed by atoms with E-state index in [1.165, 1.54) is 0 Å². The molecule has 0 N–H and O–H groups in total. The molecule has 0 bridgehead atoms. The summed E-state index contributed by atoms with van der Waals surface area (Å²) in [5.41, 5.74) is 11.1. The zero-order valence-electron chi connectivity index (χ0n) is 26.5. The molecule has 0 aliphatic carbocycles. The highest BCUT2D eigenvalue weighted by Crippen LogP contribution is 2.38. The third-order valence-corrected chi connectivity index (χ3v) is 8.96. The average Bonchev–Trinajstić information content (AvgIpc) is 3.57. The van der Waals surface area contributed by atoms with E-state index >= 15 is 0 Å². The summed E-state index contributed by atoms with van der Waals surface area (Å²) in [7, 11) is 0. The van der Waals surface area contributed by atoms with Crippen molar-refractivity contribution in [2.24, 2.45) is 0 Å². The van der Waals surface area contributed by atoms with Crippen LogP contribution in [0.25, 0.3) is 89.5 Å². The molecule has 0 spiro atoms. The maximum atomic E-state index is 6.56. The number of nitrogens with zero attached hydrogens (tertiary/aromatic N) is 3. The van der Waals surface area contributed by atoms with E-state index in [1.54, 1.807) is 0 Å². The molecule has 2 heterocycles. The van der Waals surface area contributed by atoms with Crippen LogP contribution in [0.3, 0.4) is 0 Å². The second kappa shape index (κ2) is 12.2. The zero-order valence-corrected chi connectivity index (χ0v) is 26.5. The van der Waals surface area contributed by atoms with E-state index in [9.17, 15) is 0 Å². The Morgan fingerprint density at radius 2 is 0.776 bits per heavy atom. The standard InChI is InChI=1S/C45H29N3O/c1-4-12-30(13-5-1)33-22-24-34(25-23-33)43-46-44(37-19-10-18-35(28-37)31-14-6-2-7-15-31)48-45(47-43)39-21-11-20-38-40-29-36(32-16-8-3-9-17-32)26-27-41(40)49-42(38)39/h1-29H. The second-order valence-corrected chi connectivity index (χ2v) is 12.1. The Labute approximate surface area is 284 Å². The van der Waals surface area contributed by atoms with Gasteiger partial charge in [0, 0.05) is 21.9 Å². The van der Waals surface area contributed by atoms with E-state index < -0.39 is 0 Å². The maximum absolute atomic E-state index is 6.56. The van der Waals surface area contributed by atoms with Gasteiger partial charge in [0.05, 0.1) is 5.56 Å². The molecule has 0 unspecified atom stereocenters. The van der Waals surface area contributed by atoms with Crippen LogP contribution < -0.4 is 0 Å². The van der Waals surface area contributed by atoms with Crippen LogP contribution >= 0.6 is 0 Å². The average molecular weight is 628 g/mol. The van der Waals surface area contributed by atoms with Crippen molar-refractivity contribution in [3.8, 4) is 67.5 Å². The first-order valence-electron chi connectivity index (χ1n) is 16.4. The molecule has 9 rings (SSSR count). The summed E-state index contributed by atoms with van der Waals surface area (Å²) in [6.45, 7) is 0. The molecule has 0 radical (unpaired) electrons. The van der Waals surface area contributed by atoms with E-state index in [2.05, 4.69) is 152 Å². The highest BCUT2D eigenvalue weighted by atomic mass is 16.3. The molecule has 230 valence electrons. The van der Waals surface area contributed by atoms with Crippen molar-refractivity contribution < 1.29 is 4.42 Å². The number of hydrogen-bond acceptors (Lipinski definition) is 4. The third-order valence-electron chi connectivity index (χ3n) is 8.96. The summed E-state index contributed by atoms with van der Waals surface area (Å²) < 4.78 is 6.56. The molecule has 49 heavy (non-hydrogen) atoms. The lowest BCUT2D eigenvalue weighted by Gasteiger charge is -2.10. The molecule has 4 heteroatoms. The minimum atomic E-state index is 0.560. The van der Waals surface area contributed by atoms with Crippen LogP contribution in [-0.2, 0) is 0 Å². The monoisotopic (exact) mass is 627 g/mol. The normalized spacial score (nSPS) is 11.3. The Balaban J connectivity index is 1.21. The van der Waals surface area contributed by atoms with Crippen LogP contribution in [0.1, 0.15) is 0 Å². The molecule has 0 aliphatic heterocycles. The van der Waals surface area contributed by atoms with Crippen molar-refractivity contribution in [2.75, 3.05) is 0 Å². The molecule has 0 fully saturated rings. The molecule has 0 atom stereocenters. The van der Waals surface area contributed by atoms with Gasteiger partial charge in [0.1, 0.15) is 11.2 Å². The lowest BCUT2D eigenvalue weighted by molar-refractivity contribution is 0.669. The van der Waals surface area contributed by atoms with Gasteiger partial charge in [0.2, 0.25) is 0 Å². The number of fused-ring (bicyclic) bond motifs is 3. The number of rotatable bonds is 6. The minimum absolute atomic E-state index is 0.560. The Bertz CT molecular complexity index is 2580. The highest BCUT2D eigenvalue weighted by molar-refractivity contribution is 6.10. The van der Waals surface area contributed by atoms with Crippen LogP contribution in [0.2, 0.25) is 0 Å². The lowest BCUT2D eigenvalue weighted by Crippen LogP contribution is -2.00. The largest absolute Gasteiger partial charge is 0.455 e. The van der Waals surface area contributed by atoms with Crippen molar-refractivity contribution >= 4 is 21.9 Å². The number of para-hydroxylation sites is 1. The SMILES string of the molecule is c1ccc(-c2ccc(-c3nc(-c4cccc(-c5ccccc5)c4)nc(-c4cccc5c4oc4ccc(-c6ccccc6)cc45)n3)cc2)cc1. The topological polar surface area (TPSA) is 51.8 Å². The molecule has 0 amide bonds. The van der Waals surface area contributed by atoms with Crippen LogP contribution in [-0.4, -0.2) is 15.0 Å². The molecule has 9 aromatic rings. The lowest BCUT2D eigenvalue weighted by atomic mass is 10.0. The maximum Gasteiger partial charge on any atom is 0.167 e. The van der Waals surface area contributed by atoms with Crippen LogP contribution in [0.15, 0.2) is 180 Å². The van der Waals surface area contributed by atoms with Crippen molar-refractivity contribution in [3.63, 3.8) is 0 Å². The van der Waals surface area contributed by atoms with Gasteiger partial charge in [0.25, 0.3) is 0 Å². The summed E-state index contributed by atoms with van der Waals surface area (Å²) in [6.07, 6.45) is 0. The van der Waals surface area contributed by atoms with Crippen LogP contribution in [0, 0.1) is 0 Å². The van der Waals surface area contributed by atoms with Gasteiger partial charge in [-0.15, -0.1) is 0 Å². The predicted octanol–water partition coefficient (Wildman–Crippen LogP) is 11.8. The Hall–Kier alpha value is -6.65. The van der Waals surface area contributed by atoms with Crippen molar-refractivity contribution in [3.05, 3.63) is 176 Å². The van der Waals surface area contributed by atoms with Gasteiger partial charge in [-0.1, -0.05) is 152 Å². The van der Waals surface area contributed by atoms with E-state index in [0.717, 1.165) is 72.0 Å². The van der Waals surface area contributed by atoms with E-state index in [0.29, 0.717) is 17.5 Å². The Kier molecular flexibility index (Phi) is 7.10. The molecular formula is C45H29N3O. The fourth-order valence-corrected chi connectivity index (χ4v) is 6.45. The van der Waals surface area contributed by atoms with Gasteiger partial charge in [-0.2, -0.15) is 0 Å². The molecule has 0 saturated heterocycles. The Morgan fingerprint density at radius 3 is 1.45 bits per heavy atom.